The molecule has 2 aromatic heterocycles. The van der Waals surface area contributed by atoms with E-state index in [1.165, 1.54) is 15.1 Å². The number of thiophene rings is 1. The minimum Gasteiger partial charge on any atom is -0.241 e. The average molecular weight is 308 g/mol. The van der Waals surface area contributed by atoms with Crippen LogP contribution in [0.5, 0.6) is 0 Å². The lowest BCUT2D eigenvalue weighted by Crippen LogP contribution is -1.96. The van der Waals surface area contributed by atoms with Gasteiger partial charge in [0.1, 0.15) is 0 Å². The summed E-state index contributed by atoms with van der Waals surface area (Å²) >= 11 is 10.1. The van der Waals surface area contributed by atoms with Crippen LogP contribution in [0.15, 0.2) is 35.7 Å². The van der Waals surface area contributed by atoms with Crippen LogP contribution in [-0.2, 0) is 12.8 Å². The van der Waals surface area contributed by atoms with Gasteiger partial charge in [-0.1, -0.05) is 19.1 Å². The fourth-order valence-electron chi connectivity index (χ4n) is 2.17. The molecule has 0 bridgehead atoms. The Labute approximate surface area is 125 Å². The van der Waals surface area contributed by atoms with E-state index in [-0.39, 0.29) is 5.38 Å². The second-order valence-corrected chi connectivity index (χ2v) is 7.00. The molecular formula is C15H14ClNS2. The Hall–Kier alpha value is -0.900. The monoisotopic (exact) mass is 307 g/mol. The highest BCUT2D eigenvalue weighted by atomic mass is 35.5. The fraction of sp³-hybridized carbons (Fsp3) is 0.267. The molecule has 3 rings (SSSR count). The molecule has 1 aromatic carbocycles. The third kappa shape index (κ3) is 2.69. The molecule has 0 radical (unpaired) electrons. The summed E-state index contributed by atoms with van der Waals surface area (Å²) in [7, 11) is 0. The molecule has 0 saturated carbocycles. The van der Waals surface area contributed by atoms with Gasteiger partial charge < -0.3 is 0 Å². The number of nitrogens with zero attached hydrogens (tertiary/aromatic N) is 1. The van der Waals surface area contributed by atoms with Crippen LogP contribution in [0.1, 0.15) is 27.7 Å². The second kappa shape index (κ2) is 5.61. The number of fused-ring (bicyclic) bond motifs is 1. The third-order valence-electron chi connectivity index (χ3n) is 3.14. The van der Waals surface area contributed by atoms with Crippen LogP contribution in [0.2, 0.25) is 0 Å². The maximum absolute atomic E-state index is 6.57. The fourth-order valence-corrected chi connectivity index (χ4v) is 4.69. The van der Waals surface area contributed by atoms with E-state index in [1.807, 2.05) is 6.07 Å². The highest BCUT2D eigenvalue weighted by Crippen LogP contribution is 2.34. The first kappa shape index (κ1) is 13.1. The molecule has 19 heavy (non-hydrogen) atoms. The molecule has 98 valence electrons. The molecule has 0 aliphatic rings. The quantitative estimate of drug-likeness (QED) is 0.585. The Kier molecular flexibility index (Phi) is 3.87. The smallest absolute Gasteiger partial charge is 0.0957 e. The molecule has 1 nitrogen and oxygen atoms in total. The van der Waals surface area contributed by atoms with E-state index >= 15 is 0 Å². The molecule has 0 spiro atoms. The number of hydrogen-bond acceptors (Lipinski definition) is 3. The first-order valence-electron chi connectivity index (χ1n) is 6.32. The normalized spacial score (nSPS) is 12.9. The van der Waals surface area contributed by atoms with Gasteiger partial charge in [-0.15, -0.1) is 34.3 Å². The van der Waals surface area contributed by atoms with E-state index in [1.54, 1.807) is 22.7 Å². The standard InChI is InChI=1S/C15H14ClNS2/c1-2-10-7-8-18-15(10)11(16)9-14-17-12-5-3-4-6-13(12)19-14/h3-8,11H,2,9H2,1H3. The van der Waals surface area contributed by atoms with Gasteiger partial charge in [0.25, 0.3) is 0 Å². The molecule has 4 heteroatoms. The predicted molar refractivity (Wildman–Crippen MR) is 85.6 cm³/mol. The van der Waals surface area contributed by atoms with Crippen molar-refractivity contribution in [3.8, 4) is 0 Å². The highest BCUT2D eigenvalue weighted by Gasteiger charge is 2.16. The molecule has 3 aromatic rings. The number of thiazole rings is 1. The molecule has 1 unspecified atom stereocenters. The van der Waals surface area contributed by atoms with Crippen molar-refractivity contribution in [3.05, 3.63) is 51.2 Å². The van der Waals surface area contributed by atoms with E-state index in [0.29, 0.717) is 0 Å². The summed E-state index contributed by atoms with van der Waals surface area (Å²) in [5, 5.41) is 3.29. The number of alkyl halides is 1. The van der Waals surface area contributed by atoms with Crippen LogP contribution in [-0.4, -0.2) is 4.98 Å². The molecule has 0 saturated heterocycles. The molecule has 0 aliphatic carbocycles. The summed E-state index contributed by atoms with van der Waals surface area (Å²) in [5.74, 6) is 0. The molecule has 1 atom stereocenters. The SMILES string of the molecule is CCc1ccsc1C(Cl)Cc1nc2ccccc2s1. The number of aromatic nitrogens is 1. The van der Waals surface area contributed by atoms with Crippen molar-refractivity contribution in [3.63, 3.8) is 0 Å². The zero-order chi connectivity index (χ0) is 13.2. The number of para-hydroxylation sites is 1. The van der Waals surface area contributed by atoms with E-state index in [4.69, 9.17) is 11.6 Å². The van der Waals surface area contributed by atoms with E-state index in [9.17, 15) is 0 Å². The number of halogens is 1. The lowest BCUT2D eigenvalue weighted by Gasteiger charge is -2.07. The van der Waals surface area contributed by atoms with Crippen molar-refractivity contribution in [1.29, 1.82) is 0 Å². The summed E-state index contributed by atoms with van der Waals surface area (Å²) in [6, 6.07) is 10.4. The van der Waals surface area contributed by atoms with Crippen molar-refractivity contribution in [2.45, 2.75) is 25.1 Å². The number of benzene rings is 1. The van der Waals surface area contributed by atoms with Gasteiger partial charge in [-0.2, -0.15) is 0 Å². The zero-order valence-corrected chi connectivity index (χ0v) is 13.0. The zero-order valence-electron chi connectivity index (χ0n) is 10.6. The lowest BCUT2D eigenvalue weighted by molar-refractivity contribution is 0.911. The maximum Gasteiger partial charge on any atom is 0.0957 e. The van der Waals surface area contributed by atoms with Gasteiger partial charge in [0, 0.05) is 11.3 Å². The summed E-state index contributed by atoms with van der Waals surface area (Å²) in [4.78, 5) is 5.95. The van der Waals surface area contributed by atoms with Gasteiger partial charge in [0.15, 0.2) is 0 Å². The Morgan fingerprint density at radius 1 is 1.26 bits per heavy atom. The molecular weight excluding hydrogens is 294 g/mol. The van der Waals surface area contributed by atoms with Crippen LogP contribution in [0.4, 0.5) is 0 Å². The molecule has 0 N–H and O–H groups in total. The van der Waals surface area contributed by atoms with E-state index in [2.05, 4.69) is 41.6 Å². The minimum absolute atomic E-state index is 0.0375. The van der Waals surface area contributed by atoms with Crippen molar-refractivity contribution < 1.29 is 0 Å². The minimum atomic E-state index is 0.0375. The largest absolute Gasteiger partial charge is 0.241 e. The van der Waals surface area contributed by atoms with Gasteiger partial charge in [-0.25, -0.2) is 4.98 Å². The number of rotatable bonds is 4. The van der Waals surface area contributed by atoms with Gasteiger partial charge in [-0.3, -0.25) is 0 Å². The van der Waals surface area contributed by atoms with Crippen LogP contribution >= 0.6 is 34.3 Å². The number of aryl methyl sites for hydroxylation is 1. The van der Waals surface area contributed by atoms with Gasteiger partial charge >= 0.3 is 0 Å². The third-order valence-corrected chi connectivity index (χ3v) is 5.77. The van der Waals surface area contributed by atoms with Crippen molar-refractivity contribution >= 4 is 44.5 Å². The topological polar surface area (TPSA) is 12.9 Å². The summed E-state index contributed by atoms with van der Waals surface area (Å²) in [5.41, 5.74) is 2.44. The van der Waals surface area contributed by atoms with Crippen LogP contribution in [0, 0.1) is 0 Å². The molecule has 0 fully saturated rings. The van der Waals surface area contributed by atoms with Gasteiger partial charge in [0.05, 0.1) is 20.6 Å². The Bertz CT molecular complexity index is 653. The molecule has 0 amide bonds. The lowest BCUT2D eigenvalue weighted by atomic mass is 10.1. The first-order valence-corrected chi connectivity index (χ1v) is 8.46. The van der Waals surface area contributed by atoms with Crippen LogP contribution in [0.25, 0.3) is 10.2 Å². The highest BCUT2D eigenvalue weighted by molar-refractivity contribution is 7.18. The Morgan fingerprint density at radius 3 is 2.89 bits per heavy atom. The van der Waals surface area contributed by atoms with Crippen LogP contribution < -0.4 is 0 Å². The molecule has 2 heterocycles. The summed E-state index contributed by atoms with van der Waals surface area (Å²) in [6.07, 6.45) is 1.86. The van der Waals surface area contributed by atoms with Crippen molar-refractivity contribution in [2.24, 2.45) is 0 Å². The van der Waals surface area contributed by atoms with Gasteiger partial charge in [-0.05, 0) is 35.6 Å². The Balaban J connectivity index is 1.84. The number of hydrogen-bond donors (Lipinski definition) is 0. The summed E-state index contributed by atoms with van der Waals surface area (Å²) < 4.78 is 1.24. The van der Waals surface area contributed by atoms with Crippen LogP contribution in [0.3, 0.4) is 0 Å². The van der Waals surface area contributed by atoms with Crippen molar-refractivity contribution in [2.75, 3.05) is 0 Å². The summed E-state index contributed by atoms with van der Waals surface area (Å²) in [6.45, 7) is 2.17. The van der Waals surface area contributed by atoms with E-state index in [0.717, 1.165) is 23.4 Å². The second-order valence-electron chi connectivity index (χ2n) is 4.41. The van der Waals surface area contributed by atoms with Crippen molar-refractivity contribution in [1.82, 2.24) is 4.98 Å². The maximum atomic E-state index is 6.57. The predicted octanol–water partition coefficient (Wildman–Crippen LogP) is 5.44. The van der Waals surface area contributed by atoms with Gasteiger partial charge in [0.2, 0.25) is 0 Å². The van der Waals surface area contributed by atoms with E-state index < -0.39 is 0 Å². The average Bonchev–Trinajstić information content (AvgIpc) is 3.03. The Morgan fingerprint density at radius 2 is 2.11 bits per heavy atom. The molecule has 0 aliphatic heterocycles. The first-order chi connectivity index (χ1) is 9.28.